The third-order valence-corrected chi connectivity index (χ3v) is 5.47. The molecule has 1 saturated carbocycles. The summed E-state index contributed by atoms with van der Waals surface area (Å²) in [5.41, 5.74) is 1.12. The number of carboxylic acids is 2. The molecule has 1 aromatic rings. The Morgan fingerprint density at radius 3 is 2.11 bits per heavy atom. The van der Waals surface area contributed by atoms with Crippen LogP contribution in [0.5, 0.6) is 0 Å². The standard InChI is InChI=1S/C19H28N2O.C2H2O4/c1-16-6-5-9-18(14-16)20-10-12-21(13-11-20)19(22)15-17-7-3-2-4-8-17;3-1(4)2(5)6/h2-4,7-8,16,18H,5-6,9-15H2,1H3;(H,3,4)(H,5,6). The molecular formula is C21H30N2O5. The van der Waals surface area contributed by atoms with E-state index in [1.807, 2.05) is 30.3 Å². The second kappa shape index (κ2) is 10.8. The third kappa shape index (κ3) is 6.96. The molecule has 2 aliphatic rings. The molecule has 3 rings (SSSR count). The van der Waals surface area contributed by atoms with Gasteiger partial charge in [0.25, 0.3) is 0 Å². The van der Waals surface area contributed by atoms with Crippen molar-refractivity contribution in [2.45, 2.75) is 45.1 Å². The molecule has 154 valence electrons. The van der Waals surface area contributed by atoms with Gasteiger partial charge in [-0.15, -0.1) is 0 Å². The largest absolute Gasteiger partial charge is 0.473 e. The average Bonchev–Trinajstić information content (AvgIpc) is 2.69. The van der Waals surface area contributed by atoms with Crippen LogP contribution in [-0.2, 0) is 20.8 Å². The van der Waals surface area contributed by atoms with Gasteiger partial charge in [-0.3, -0.25) is 9.69 Å². The molecule has 1 saturated heterocycles. The summed E-state index contributed by atoms with van der Waals surface area (Å²) in [6.07, 6.45) is 6.01. The molecule has 28 heavy (non-hydrogen) atoms. The SMILES string of the molecule is CC1CCCC(N2CCN(C(=O)Cc3ccccc3)CC2)C1.O=C(O)C(=O)O. The maximum Gasteiger partial charge on any atom is 0.414 e. The van der Waals surface area contributed by atoms with Gasteiger partial charge >= 0.3 is 11.9 Å². The first-order chi connectivity index (χ1) is 13.4. The van der Waals surface area contributed by atoms with Crippen molar-refractivity contribution in [3.8, 4) is 0 Å². The van der Waals surface area contributed by atoms with Crippen LogP contribution in [-0.4, -0.2) is 70.1 Å². The Kier molecular flexibility index (Phi) is 8.44. The van der Waals surface area contributed by atoms with Crippen molar-refractivity contribution in [1.29, 1.82) is 0 Å². The summed E-state index contributed by atoms with van der Waals surface area (Å²) in [4.78, 5) is 35.3. The van der Waals surface area contributed by atoms with E-state index in [9.17, 15) is 4.79 Å². The van der Waals surface area contributed by atoms with Crippen LogP contribution in [0.4, 0.5) is 0 Å². The van der Waals surface area contributed by atoms with Crippen LogP contribution in [0.25, 0.3) is 0 Å². The average molecular weight is 390 g/mol. The molecule has 1 heterocycles. The van der Waals surface area contributed by atoms with Crippen molar-refractivity contribution in [1.82, 2.24) is 9.80 Å². The summed E-state index contributed by atoms with van der Waals surface area (Å²) in [5.74, 6) is -2.50. The number of carboxylic acid groups (broad SMARTS) is 2. The highest BCUT2D eigenvalue weighted by Gasteiger charge is 2.28. The fraction of sp³-hybridized carbons (Fsp3) is 0.571. The van der Waals surface area contributed by atoms with E-state index in [2.05, 4.69) is 16.7 Å². The van der Waals surface area contributed by atoms with Crippen molar-refractivity contribution in [3.63, 3.8) is 0 Å². The van der Waals surface area contributed by atoms with E-state index in [-0.39, 0.29) is 5.91 Å². The molecule has 1 aromatic carbocycles. The highest BCUT2D eigenvalue weighted by atomic mass is 16.4. The number of nitrogens with zero attached hydrogens (tertiary/aromatic N) is 2. The molecule has 2 atom stereocenters. The van der Waals surface area contributed by atoms with Crippen LogP contribution in [0.2, 0.25) is 0 Å². The lowest BCUT2D eigenvalue weighted by molar-refractivity contribution is -0.159. The van der Waals surface area contributed by atoms with E-state index in [1.165, 1.54) is 25.7 Å². The fourth-order valence-corrected chi connectivity index (χ4v) is 3.95. The number of piperazine rings is 1. The number of hydrogen-bond acceptors (Lipinski definition) is 4. The monoisotopic (exact) mass is 390 g/mol. The molecule has 1 aliphatic carbocycles. The van der Waals surface area contributed by atoms with Gasteiger partial charge in [-0.1, -0.05) is 50.1 Å². The minimum atomic E-state index is -1.82. The lowest BCUT2D eigenvalue weighted by atomic mass is 9.86. The van der Waals surface area contributed by atoms with Crippen LogP contribution >= 0.6 is 0 Å². The summed E-state index contributed by atoms with van der Waals surface area (Å²) in [6.45, 7) is 6.29. The van der Waals surface area contributed by atoms with Gasteiger partial charge in [0, 0.05) is 32.2 Å². The number of rotatable bonds is 3. The maximum absolute atomic E-state index is 12.4. The zero-order valence-corrected chi connectivity index (χ0v) is 16.4. The van der Waals surface area contributed by atoms with Crippen molar-refractivity contribution < 1.29 is 24.6 Å². The second-order valence-electron chi connectivity index (χ2n) is 7.62. The first-order valence-corrected chi connectivity index (χ1v) is 9.88. The van der Waals surface area contributed by atoms with Gasteiger partial charge in [-0.2, -0.15) is 0 Å². The highest BCUT2D eigenvalue weighted by molar-refractivity contribution is 6.27. The summed E-state index contributed by atoms with van der Waals surface area (Å²) in [7, 11) is 0. The van der Waals surface area contributed by atoms with Gasteiger partial charge < -0.3 is 15.1 Å². The molecule has 0 bridgehead atoms. The number of amides is 1. The van der Waals surface area contributed by atoms with Gasteiger partial charge in [-0.05, 0) is 24.3 Å². The van der Waals surface area contributed by atoms with E-state index >= 15 is 0 Å². The first-order valence-electron chi connectivity index (χ1n) is 9.88. The molecule has 0 radical (unpaired) electrons. The van der Waals surface area contributed by atoms with Crippen LogP contribution < -0.4 is 0 Å². The lowest BCUT2D eigenvalue weighted by Crippen LogP contribution is -2.53. The van der Waals surface area contributed by atoms with Gasteiger partial charge in [0.15, 0.2) is 0 Å². The number of carbonyl (C=O) groups excluding carboxylic acids is 1. The third-order valence-electron chi connectivity index (χ3n) is 5.47. The molecule has 2 N–H and O–H groups in total. The molecule has 1 amide bonds. The van der Waals surface area contributed by atoms with Gasteiger partial charge in [0.1, 0.15) is 0 Å². The number of benzene rings is 1. The fourth-order valence-electron chi connectivity index (χ4n) is 3.95. The Hall–Kier alpha value is -2.41. The Morgan fingerprint density at radius 2 is 1.57 bits per heavy atom. The molecule has 1 aliphatic heterocycles. The van der Waals surface area contributed by atoms with Crippen LogP contribution in [0.15, 0.2) is 30.3 Å². The number of hydrogen-bond donors (Lipinski definition) is 2. The molecule has 2 fully saturated rings. The normalized spacial score (nSPS) is 22.7. The Morgan fingerprint density at radius 1 is 0.964 bits per heavy atom. The maximum atomic E-state index is 12.4. The molecule has 0 aromatic heterocycles. The zero-order valence-electron chi connectivity index (χ0n) is 16.4. The lowest BCUT2D eigenvalue weighted by Gasteiger charge is -2.42. The van der Waals surface area contributed by atoms with Gasteiger partial charge in [-0.25, -0.2) is 9.59 Å². The minimum Gasteiger partial charge on any atom is -0.473 e. The van der Waals surface area contributed by atoms with E-state index in [1.54, 1.807) is 0 Å². The van der Waals surface area contributed by atoms with Crippen molar-refractivity contribution in [2.24, 2.45) is 5.92 Å². The number of carbonyl (C=O) groups is 3. The van der Waals surface area contributed by atoms with Crippen molar-refractivity contribution in [3.05, 3.63) is 35.9 Å². The van der Waals surface area contributed by atoms with E-state index in [4.69, 9.17) is 19.8 Å². The van der Waals surface area contributed by atoms with E-state index < -0.39 is 11.9 Å². The van der Waals surface area contributed by atoms with E-state index in [0.29, 0.717) is 6.42 Å². The predicted octanol–water partition coefficient (Wildman–Crippen LogP) is 2.11. The molecule has 2 unspecified atom stereocenters. The molecular weight excluding hydrogens is 360 g/mol. The van der Waals surface area contributed by atoms with Crippen LogP contribution in [0.3, 0.4) is 0 Å². The second-order valence-corrected chi connectivity index (χ2v) is 7.62. The Balaban J connectivity index is 0.000000409. The first kappa shape index (κ1) is 21.9. The number of aliphatic carboxylic acids is 2. The molecule has 7 heteroatoms. The topological polar surface area (TPSA) is 98.2 Å². The highest BCUT2D eigenvalue weighted by Crippen LogP contribution is 2.27. The smallest absolute Gasteiger partial charge is 0.414 e. The summed E-state index contributed by atoms with van der Waals surface area (Å²) >= 11 is 0. The summed E-state index contributed by atoms with van der Waals surface area (Å²) in [6, 6.07) is 10.8. The van der Waals surface area contributed by atoms with Crippen LogP contribution in [0, 0.1) is 5.92 Å². The Labute approximate surface area is 165 Å². The predicted molar refractivity (Wildman–Crippen MR) is 105 cm³/mol. The molecule has 7 nitrogen and oxygen atoms in total. The summed E-state index contributed by atoms with van der Waals surface area (Å²) < 4.78 is 0. The van der Waals surface area contributed by atoms with E-state index in [0.717, 1.165) is 43.7 Å². The van der Waals surface area contributed by atoms with Crippen LogP contribution in [0.1, 0.15) is 38.2 Å². The Bertz CT molecular complexity index is 644. The van der Waals surface area contributed by atoms with Crippen molar-refractivity contribution in [2.75, 3.05) is 26.2 Å². The van der Waals surface area contributed by atoms with Gasteiger partial charge in [0.2, 0.25) is 5.91 Å². The molecule has 0 spiro atoms. The zero-order chi connectivity index (χ0) is 20.5. The summed E-state index contributed by atoms with van der Waals surface area (Å²) in [5, 5.41) is 14.8. The quantitative estimate of drug-likeness (QED) is 0.767. The van der Waals surface area contributed by atoms with Gasteiger partial charge in [0.05, 0.1) is 6.42 Å². The minimum absolute atomic E-state index is 0.280. The van der Waals surface area contributed by atoms with Crippen molar-refractivity contribution >= 4 is 17.8 Å².